The van der Waals surface area contributed by atoms with E-state index in [-0.39, 0.29) is 29.1 Å². The van der Waals surface area contributed by atoms with E-state index in [4.69, 9.17) is 10.8 Å². The van der Waals surface area contributed by atoms with E-state index in [1.165, 1.54) is 0 Å². The van der Waals surface area contributed by atoms with Crippen molar-refractivity contribution < 1.29 is 14.7 Å². The van der Waals surface area contributed by atoms with Gasteiger partial charge in [0.15, 0.2) is 0 Å². The van der Waals surface area contributed by atoms with Gasteiger partial charge in [-0.25, -0.2) is 0 Å². The minimum atomic E-state index is -0.610. The first-order valence-corrected chi connectivity index (χ1v) is 6.57. The van der Waals surface area contributed by atoms with Crippen molar-refractivity contribution in [1.29, 1.82) is 0 Å². The molecule has 0 saturated carbocycles. The number of aliphatic hydroxyl groups excluding tert-OH is 1. The molecule has 0 aromatic carbocycles. The van der Waals surface area contributed by atoms with Gasteiger partial charge in [0, 0.05) is 5.75 Å². The number of nitrogens with one attached hydrogen (secondary N) is 1. The van der Waals surface area contributed by atoms with Crippen LogP contribution in [0, 0.1) is 0 Å². The molecule has 96 valence electrons. The quantitative estimate of drug-likeness (QED) is 0.572. The van der Waals surface area contributed by atoms with Crippen LogP contribution in [0.15, 0.2) is 0 Å². The van der Waals surface area contributed by atoms with Crippen LogP contribution in [0.5, 0.6) is 0 Å². The Morgan fingerprint density at radius 2 is 2.29 bits per heavy atom. The number of aliphatic hydroxyl groups is 1. The highest BCUT2D eigenvalue weighted by molar-refractivity contribution is 8.01. The predicted octanol–water partition coefficient (Wildman–Crippen LogP) is -1.51. The van der Waals surface area contributed by atoms with Crippen molar-refractivity contribution in [3.8, 4) is 0 Å². The van der Waals surface area contributed by atoms with Crippen LogP contribution in [0.3, 0.4) is 0 Å². The molecule has 2 heterocycles. The number of amides is 2. The maximum absolute atomic E-state index is 11.6. The Labute approximate surface area is 104 Å². The molecule has 0 bridgehead atoms. The lowest BCUT2D eigenvalue weighted by Gasteiger charge is -2.47. The van der Waals surface area contributed by atoms with Gasteiger partial charge < -0.3 is 15.7 Å². The van der Waals surface area contributed by atoms with Gasteiger partial charge in [0.1, 0.15) is 4.87 Å². The van der Waals surface area contributed by atoms with Crippen LogP contribution in [0.25, 0.3) is 0 Å². The van der Waals surface area contributed by atoms with Crippen molar-refractivity contribution in [2.75, 3.05) is 18.8 Å². The van der Waals surface area contributed by atoms with Gasteiger partial charge in [0.05, 0.1) is 31.7 Å². The number of rotatable bonds is 3. The average Bonchev–Trinajstić information content (AvgIpc) is 2.58. The summed E-state index contributed by atoms with van der Waals surface area (Å²) in [5.41, 5.74) is 5.23. The maximum atomic E-state index is 11.6. The summed E-state index contributed by atoms with van der Waals surface area (Å²) in [6.07, 6.45) is -0.457. The Kier molecular flexibility index (Phi) is 3.33. The number of likely N-dealkylation sites (tertiary alicyclic amines) is 1. The van der Waals surface area contributed by atoms with Crippen molar-refractivity contribution in [1.82, 2.24) is 10.2 Å². The molecule has 0 aromatic heterocycles. The number of hydrogen-bond acceptors (Lipinski definition) is 5. The summed E-state index contributed by atoms with van der Waals surface area (Å²) in [5, 5.41) is 12.3. The molecule has 2 rings (SSSR count). The van der Waals surface area contributed by atoms with Crippen LogP contribution in [0.4, 0.5) is 0 Å². The Bertz CT molecular complexity index is 342. The second-order valence-electron chi connectivity index (χ2n) is 4.71. The summed E-state index contributed by atoms with van der Waals surface area (Å²) in [6.45, 7) is 2.75. The molecule has 2 saturated heterocycles. The molecule has 2 fully saturated rings. The molecule has 0 unspecified atom stereocenters. The number of nitrogens with two attached hydrogens (primary N) is 1. The van der Waals surface area contributed by atoms with Crippen LogP contribution in [-0.2, 0) is 9.59 Å². The van der Waals surface area contributed by atoms with Gasteiger partial charge in [-0.2, -0.15) is 0 Å². The summed E-state index contributed by atoms with van der Waals surface area (Å²) in [6, 6.07) is -0.297. The van der Waals surface area contributed by atoms with E-state index >= 15 is 0 Å². The van der Waals surface area contributed by atoms with Crippen molar-refractivity contribution in [2.24, 2.45) is 5.73 Å². The topological polar surface area (TPSA) is 95.7 Å². The minimum Gasteiger partial charge on any atom is -0.393 e. The second-order valence-corrected chi connectivity index (χ2v) is 6.11. The molecular formula is C10H17N3O3S. The normalized spacial score (nSPS) is 27.9. The second kappa shape index (κ2) is 4.47. The lowest BCUT2D eigenvalue weighted by atomic mass is 10.1. The Morgan fingerprint density at radius 3 is 2.76 bits per heavy atom. The lowest BCUT2D eigenvalue weighted by Crippen LogP contribution is -2.68. The summed E-state index contributed by atoms with van der Waals surface area (Å²) in [4.78, 5) is 24.1. The van der Waals surface area contributed by atoms with E-state index in [0.717, 1.165) is 0 Å². The zero-order valence-electron chi connectivity index (χ0n) is 9.68. The van der Waals surface area contributed by atoms with E-state index in [1.807, 2.05) is 0 Å². The Morgan fingerprint density at radius 1 is 1.65 bits per heavy atom. The zero-order valence-corrected chi connectivity index (χ0v) is 10.5. The fourth-order valence-corrected chi connectivity index (χ4v) is 3.56. The molecule has 2 aliphatic heterocycles. The van der Waals surface area contributed by atoms with Gasteiger partial charge in [-0.05, 0) is 6.92 Å². The van der Waals surface area contributed by atoms with Crippen molar-refractivity contribution in [3.05, 3.63) is 0 Å². The smallest absolute Gasteiger partial charge is 0.235 e. The molecule has 0 aliphatic carbocycles. The molecule has 2 atom stereocenters. The van der Waals surface area contributed by atoms with Gasteiger partial charge in [-0.1, -0.05) is 0 Å². The van der Waals surface area contributed by atoms with Gasteiger partial charge >= 0.3 is 0 Å². The first-order valence-electron chi connectivity index (χ1n) is 5.59. The van der Waals surface area contributed by atoms with E-state index in [0.29, 0.717) is 18.8 Å². The number of primary amides is 1. The maximum Gasteiger partial charge on any atom is 0.235 e. The third-order valence-electron chi connectivity index (χ3n) is 3.02. The number of hydrogen-bond donors (Lipinski definition) is 3. The summed E-state index contributed by atoms with van der Waals surface area (Å²) >= 11 is 1.64. The van der Waals surface area contributed by atoms with E-state index in [9.17, 15) is 9.59 Å². The minimum absolute atomic E-state index is 0.0458. The fraction of sp³-hybridized carbons (Fsp3) is 0.800. The Balaban J connectivity index is 1.83. The number of thioether (sulfide) groups is 1. The molecule has 7 heteroatoms. The molecule has 6 nitrogen and oxygen atoms in total. The molecular weight excluding hydrogens is 242 g/mol. The van der Waals surface area contributed by atoms with Crippen LogP contribution in [-0.4, -0.2) is 57.7 Å². The molecule has 0 aromatic rings. The highest BCUT2D eigenvalue weighted by Gasteiger charge is 2.51. The molecule has 2 amide bonds. The summed E-state index contributed by atoms with van der Waals surface area (Å²) in [5.74, 6) is 0.270. The number of nitrogens with zero attached hydrogens (tertiary/aromatic N) is 1. The average molecular weight is 259 g/mol. The molecule has 2 aliphatic rings. The number of carbonyl (C=O) groups is 2. The Hall–Kier alpha value is -0.790. The summed E-state index contributed by atoms with van der Waals surface area (Å²) in [7, 11) is 0. The van der Waals surface area contributed by atoms with E-state index < -0.39 is 6.10 Å². The third kappa shape index (κ3) is 2.56. The lowest BCUT2D eigenvalue weighted by molar-refractivity contribution is -0.138. The first kappa shape index (κ1) is 12.7. The zero-order chi connectivity index (χ0) is 12.6. The molecule has 17 heavy (non-hydrogen) atoms. The fourth-order valence-electron chi connectivity index (χ4n) is 2.11. The van der Waals surface area contributed by atoms with E-state index in [1.54, 1.807) is 23.6 Å². The van der Waals surface area contributed by atoms with Gasteiger partial charge in [-0.15, -0.1) is 11.8 Å². The van der Waals surface area contributed by atoms with Crippen LogP contribution < -0.4 is 11.1 Å². The highest BCUT2D eigenvalue weighted by Crippen LogP contribution is 2.38. The standard InChI is InChI=1S/C10H17N3O3S/c1-6(14)2-8(15)13-4-10(5-13)12-7(3-17-10)9(11)16/h6-7,12,14H,2-5H2,1H3,(H2,11,16)/t6-,7+/m1/s1. The molecule has 0 radical (unpaired) electrons. The number of carbonyl (C=O) groups excluding carboxylic acids is 2. The van der Waals surface area contributed by atoms with Gasteiger partial charge in [-0.3, -0.25) is 14.9 Å². The van der Waals surface area contributed by atoms with E-state index in [2.05, 4.69) is 5.32 Å². The molecule has 4 N–H and O–H groups in total. The molecule has 1 spiro atoms. The van der Waals surface area contributed by atoms with Gasteiger partial charge in [0.2, 0.25) is 11.8 Å². The third-order valence-corrected chi connectivity index (χ3v) is 4.45. The largest absolute Gasteiger partial charge is 0.393 e. The van der Waals surface area contributed by atoms with Gasteiger partial charge in [0.25, 0.3) is 0 Å². The monoisotopic (exact) mass is 259 g/mol. The first-order chi connectivity index (χ1) is 7.92. The highest BCUT2D eigenvalue weighted by atomic mass is 32.2. The predicted molar refractivity (Wildman–Crippen MR) is 64.2 cm³/mol. The van der Waals surface area contributed by atoms with Crippen molar-refractivity contribution in [2.45, 2.75) is 30.4 Å². The van der Waals surface area contributed by atoms with Crippen LogP contribution in [0.1, 0.15) is 13.3 Å². The van der Waals surface area contributed by atoms with Crippen molar-refractivity contribution >= 4 is 23.6 Å². The van der Waals surface area contributed by atoms with Crippen LogP contribution >= 0.6 is 11.8 Å². The SMILES string of the molecule is C[C@@H](O)CC(=O)N1CC2(C1)N[C@H](C(N)=O)CS2. The summed E-state index contributed by atoms with van der Waals surface area (Å²) < 4.78 is 0. The van der Waals surface area contributed by atoms with Crippen molar-refractivity contribution in [3.63, 3.8) is 0 Å². The van der Waals surface area contributed by atoms with Crippen LogP contribution in [0.2, 0.25) is 0 Å².